The van der Waals surface area contributed by atoms with E-state index in [1.807, 2.05) is 60.7 Å². The van der Waals surface area contributed by atoms with Gasteiger partial charge in [-0.2, -0.15) is 0 Å². The third kappa shape index (κ3) is 4.61. The third-order valence-corrected chi connectivity index (χ3v) is 3.85. The van der Waals surface area contributed by atoms with Crippen LogP contribution in [0.2, 0.25) is 0 Å². The van der Waals surface area contributed by atoms with Gasteiger partial charge in [0, 0.05) is 11.3 Å². The highest BCUT2D eigenvalue weighted by molar-refractivity contribution is 6.02. The molecule has 0 fully saturated rings. The Morgan fingerprint density at radius 3 is 1.96 bits per heavy atom. The predicted molar refractivity (Wildman–Crippen MR) is 104 cm³/mol. The van der Waals surface area contributed by atoms with Crippen molar-refractivity contribution in [2.24, 2.45) is 0 Å². The number of hydrogen-bond donors (Lipinski definition) is 1. The number of hydrogen-bond acceptors (Lipinski definition) is 3. The van der Waals surface area contributed by atoms with Gasteiger partial charge in [-0.05, 0) is 42.0 Å². The molecule has 0 aliphatic heterocycles. The van der Waals surface area contributed by atoms with Crippen molar-refractivity contribution in [3.63, 3.8) is 0 Å². The molecule has 0 aliphatic rings. The number of anilines is 1. The van der Waals surface area contributed by atoms with Gasteiger partial charge in [-0.25, -0.2) is 0 Å². The monoisotopic (exact) mass is 353 g/mol. The number of nitrogens with one attached hydrogen (secondary N) is 1. The van der Waals surface area contributed by atoms with Crippen LogP contribution in [-0.4, -0.2) is 12.9 Å². The van der Waals surface area contributed by atoms with Gasteiger partial charge in [-0.3, -0.25) is 4.79 Å². The summed E-state index contributed by atoms with van der Waals surface area (Å²) in [4.78, 5) is 13.0. The molecule has 0 aliphatic carbocycles. The summed E-state index contributed by atoms with van der Waals surface area (Å²) >= 11 is 0. The fourth-order valence-corrected chi connectivity index (χ4v) is 2.57. The molecular weight excluding hydrogens is 334 g/mol. The van der Waals surface area contributed by atoms with Crippen LogP contribution in [0.25, 0.3) is 0 Å². The predicted octanol–water partition coefficient (Wildman–Crippen LogP) is 5.15. The molecule has 0 saturated carbocycles. The summed E-state index contributed by atoms with van der Waals surface area (Å²) in [5, 5.41) is 3.34. The van der Waals surface area contributed by atoms with Crippen molar-refractivity contribution < 1.29 is 9.53 Å². The fraction of sp³-hybridized carbons (Fsp3) is 0.0952. The number of benzene rings is 3. The minimum atomic E-state index is -0.443. The number of para-hydroxylation sites is 1. The minimum absolute atomic E-state index is 0. The van der Waals surface area contributed by atoms with E-state index in [0.717, 1.165) is 17.0 Å². The molecule has 1 atom stereocenters. The first-order chi connectivity index (χ1) is 11.8. The lowest BCUT2D eigenvalue weighted by Gasteiger charge is -2.19. The van der Waals surface area contributed by atoms with Crippen LogP contribution in [0.1, 0.15) is 22.0 Å². The molecule has 0 aromatic heterocycles. The van der Waals surface area contributed by atoms with Gasteiger partial charge in [0.25, 0.3) is 0 Å². The lowest BCUT2D eigenvalue weighted by molar-refractivity contribution is 0.0969. The van der Waals surface area contributed by atoms with Crippen molar-refractivity contribution in [2.75, 3.05) is 12.4 Å². The number of ether oxygens (including phenoxy) is 1. The highest BCUT2D eigenvalue weighted by Gasteiger charge is 2.21. The first kappa shape index (κ1) is 18.6. The van der Waals surface area contributed by atoms with Crippen molar-refractivity contribution in [3.05, 3.63) is 96.1 Å². The Morgan fingerprint density at radius 1 is 0.840 bits per heavy atom. The number of rotatable bonds is 6. The number of ketones is 1. The normalized spacial score (nSPS) is 11.1. The number of carbonyl (C=O) groups excluding carboxylic acids is 1. The molecule has 0 saturated heterocycles. The Hall–Kier alpha value is -2.78. The number of Topliss-reactive ketones (excluding diaryl/α,β-unsaturated/α-hetero) is 1. The molecule has 0 bridgehead atoms. The number of carbonyl (C=O) groups is 1. The van der Waals surface area contributed by atoms with Gasteiger partial charge < -0.3 is 10.1 Å². The Kier molecular flexibility index (Phi) is 6.61. The molecule has 3 aromatic carbocycles. The molecule has 3 nitrogen and oxygen atoms in total. The van der Waals surface area contributed by atoms with Gasteiger partial charge in [0.05, 0.1) is 7.11 Å². The van der Waals surface area contributed by atoms with Gasteiger partial charge in [0.15, 0.2) is 5.78 Å². The molecule has 4 heteroatoms. The SMILES string of the molecule is COc1ccc(C(=O)C(Nc2ccccc2)c2ccccc2)cc1.Cl. The lowest BCUT2D eigenvalue weighted by atomic mass is 9.97. The molecule has 25 heavy (non-hydrogen) atoms. The van der Waals surface area contributed by atoms with Crippen molar-refractivity contribution in [1.82, 2.24) is 0 Å². The highest BCUT2D eigenvalue weighted by Crippen LogP contribution is 2.24. The zero-order valence-corrected chi connectivity index (χ0v) is 14.7. The van der Waals surface area contributed by atoms with E-state index < -0.39 is 6.04 Å². The summed E-state index contributed by atoms with van der Waals surface area (Å²) in [6.07, 6.45) is 0. The van der Waals surface area contributed by atoms with E-state index in [2.05, 4.69) is 5.32 Å². The molecule has 3 aromatic rings. The summed E-state index contributed by atoms with van der Waals surface area (Å²) < 4.78 is 5.16. The molecule has 0 radical (unpaired) electrons. The van der Waals surface area contributed by atoms with E-state index in [1.165, 1.54) is 0 Å². The quantitative estimate of drug-likeness (QED) is 0.622. The van der Waals surface area contributed by atoms with Gasteiger partial charge >= 0.3 is 0 Å². The molecule has 0 heterocycles. The maximum atomic E-state index is 13.0. The lowest BCUT2D eigenvalue weighted by Crippen LogP contribution is -2.21. The highest BCUT2D eigenvalue weighted by atomic mass is 35.5. The van der Waals surface area contributed by atoms with Crippen molar-refractivity contribution in [2.45, 2.75) is 6.04 Å². The average molecular weight is 354 g/mol. The van der Waals surface area contributed by atoms with Crippen LogP contribution in [0.3, 0.4) is 0 Å². The first-order valence-corrected chi connectivity index (χ1v) is 7.83. The standard InChI is InChI=1S/C21H19NO2.ClH/c1-24-19-14-12-17(13-15-19)21(23)20(16-8-4-2-5-9-16)22-18-10-6-3-7-11-18;/h2-15,20,22H,1H3;1H. The van der Waals surface area contributed by atoms with E-state index in [-0.39, 0.29) is 18.2 Å². The summed E-state index contributed by atoms with van der Waals surface area (Å²) in [7, 11) is 1.61. The van der Waals surface area contributed by atoms with E-state index in [4.69, 9.17) is 4.74 Å². The second-order valence-electron chi connectivity index (χ2n) is 5.45. The molecule has 1 unspecified atom stereocenters. The Bertz CT molecular complexity index is 789. The van der Waals surface area contributed by atoms with Crippen LogP contribution < -0.4 is 10.1 Å². The maximum Gasteiger partial charge on any atom is 0.189 e. The molecular formula is C21H20ClNO2. The van der Waals surface area contributed by atoms with Crippen LogP contribution >= 0.6 is 12.4 Å². The van der Waals surface area contributed by atoms with E-state index in [0.29, 0.717) is 5.56 Å². The first-order valence-electron chi connectivity index (χ1n) is 7.83. The van der Waals surface area contributed by atoms with E-state index in [1.54, 1.807) is 31.4 Å². The zero-order valence-electron chi connectivity index (χ0n) is 13.9. The molecule has 0 spiro atoms. The zero-order chi connectivity index (χ0) is 16.8. The van der Waals surface area contributed by atoms with Crippen LogP contribution in [0.5, 0.6) is 5.75 Å². The largest absolute Gasteiger partial charge is 0.497 e. The third-order valence-electron chi connectivity index (χ3n) is 3.85. The number of methoxy groups -OCH3 is 1. The van der Waals surface area contributed by atoms with Gasteiger partial charge in [0.1, 0.15) is 11.8 Å². The molecule has 128 valence electrons. The van der Waals surface area contributed by atoms with Crippen LogP contribution in [0, 0.1) is 0 Å². The molecule has 1 N–H and O–H groups in total. The molecule has 0 amide bonds. The number of halogens is 1. The van der Waals surface area contributed by atoms with Crippen LogP contribution in [0.15, 0.2) is 84.9 Å². The van der Waals surface area contributed by atoms with Gasteiger partial charge in [0.2, 0.25) is 0 Å². The van der Waals surface area contributed by atoms with Gasteiger partial charge in [-0.1, -0.05) is 48.5 Å². The Labute approximate surface area is 154 Å². The van der Waals surface area contributed by atoms with E-state index >= 15 is 0 Å². The van der Waals surface area contributed by atoms with Crippen LogP contribution in [0.4, 0.5) is 5.69 Å². The Morgan fingerprint density at radius 2 is 1.40 bits per heavy atom. The summed E-state index contributed by atoms with van der Waals surface area (Å²) in [5.74, 6) is 0.756. The molecule has 3 rings (SSSR count). The Balaban J connectivity index is 0.00000225. The topological polar surface area (TPSA) is 38.3 Å². The van der Waals surface area contributed by atoms with Crippen molar-refractivity contribution in [3.8, 4) is 5.75 Å². The van der Waals surface area contributed by atoms with Crippen molar-refractivity contribution in [1.29, 1.82) is 0 Å². The smallest absolute Gasteiger partial charge is 0.189 e. The summed E-state index contributed by atoms with van der Waals surface area (Å²) in [6, 6.07) is 26.3. The average Bonchev–Trinajstić information content (AvgIpc) is 2.67. The van der Waals surface area contributed by atoms with Gasteiger partial charge in [-0.15, -0.1) is 12.4 Å². The van der Waals surface area contributed by atoms with E-state index in [9.17, 15) is 4.79 Å². The second-order valence-corrected chi connectivity index (χ2v) is 5.45. The maximum absolute atomic E-state index is 13.0. The summed E-state index contributed by atoms with van der Waals surface area (Å²) in [5.41, 5.74) is 2.49. The fourth-order valence-electron chi connectivity index (χ4n) is 2.57. The van der Waals surface area contributed by atoms with Crippen LogP contribution in [-0.2, 0) is 0 Å². The summed E-state index contributed by atoms with van der Waals surface area (Å²) in [6.45, 7) is 0. The second kappa shape index (κ2) is 8.90. The minimum Gasteiger partial charge on any atom is -0.497 e. The van der Waals surface area contributed by atoms with Crippen molar-refractivity contribution >= 4 is 23.9 Å².